The molecule has 0 spiro atoms. The Kier molecular flexibility index (Phi) is 4.81. The van der Waals surface area contributed by atoms with Crippen LogP contribution in [-0.2, 0) is 16.1 Å². The third kappa shape index (κ3) is 4.22. The summed E-state index contributed by atoms with van der Waals surface area (Å²) in [4.78, 5) is 27.8. The first-order valence-electron chi connectivity index (χ1n) is 8.11. The van der Waals surface area contributed by atoms with Crippen LogP contribution in [0, 0.1) is 0 Å². The van der Waals surface area contributed by atoms with Gasteiger partial charge in [-0.2, -0.15) is 0 Å². The lowest BCUT2D eigenvalue weighted by Crippen LogP contribution is -2.52. The third-order valence-corrected chi connectivity index (χ3v) is 4.31. The first kappa shape index (κ1) is 15.8. The maximum Gasteiger partial charge on any atom is 0.311 e. The van der Waals surface area contributed by atoms with E-state index in [9.17, 15) is 9.59 Å². The second-order valence-electron chi connectivity index (χ2n) is 6.17. The summed E-state index contributed by atoms with van der Waals surface area (Å²) < 4.78 is 5.24. The second kappa shape index (κ2) is 7.00. The summed E-state index contributed by atoms with van der Waals surface area (Å²) >= 11 is 0. The predicted octanol–water partition coefficient (Wildman–Crippen LogP) is 0.618. The van der Waals surface area contributed by atoms with Crippen molar-refractivity contribution in [2.75, 3.05) is 33.3 Å². The molecule has 3 rings (SSSR count). The summed E-state index contributed by atoms with van der Waals surface area (Å²) in [7, 11) is 1.66. The Morgan fingerprint density at radius 3 is 2.61 bits per heavy atom. The van der Waals surface area contributed by atoms with Gasteiger partial charge >= 0.3 is 11.8 Å². The minimum Gasteiger partial charge on any atom is -0.497 e. The lowest BCUT2D eigenvalue weighted by Gasteiger charge is -2.34. The molecule has 0 bridgehead atoms. The van der Waals surface area contributed by atoms with Crippen LogP contribution < -0.4 is 10.1 Å². The van der Waals surface area contributed by atoms with Crippen LogP contribution >= 0.6 is 0 Å². The number of benzene rings is 1. The SMILES string of the molecule is COc1cccc(CN2CCN(C(=O)C(=O)NC3CC3)CC2)c1. The van der Waals surface area contributed by atoms with Gasteiger partial charge in [0.05, 0.1) is 7.11 Å². The van der Waals surface area contributed by atoms with E-state index in [-0.39, 0.29) is 6.04 Å². The number of nitrogens with one attached hydrogen (secondary N) is 1. The van der Waals surface area contributed by atoms with Crippen LogP contribution in [0.25, 0.3) is 0 Å². The highest BCUT2D eigenvalue weighted by atomic mass is 16.5. The molecule has 2 amide bonds. The van der Waals surface area contributed by atoms with Crippen molar-refractivity contribution >= 4 is 11.8 Å². The van der Waals surface area contributed by atoms with Crippen molar-refractivity contribution in [3.05, 3.63) is 29.8 Å². The number of hydrogen-bond acceptors (Lipinski definition) is 4. The minimum absolute atomic E-state index is 0.223. The molecule has 124 valence electrons. The molecule has 0 atom stereocenters. The molecular weight excluding hydrogens is 294 g/mol. The standard InChI is InChI=1S/C17H23N3O3/c1-23-15-4-2-3-13(11-15)12-19-7-9-20(10-8-19)17(22)16(21)18-14-5-6-14/h2-4,11,14H,5-10,12H2,1H3,(H,18,21). The molecule has 1 saturated carbocycles. The van der Waals surface area contributed by atoms with E-state index in [0.717, 1.165) is 38.2 Å². The first-order valence-corrected chi connectivity index (χ1v) is 8.11. The van der Waals surface area contributed by atoms with E-state index in [0.29, 0.717) is 13.1 Å². The van der Waals surface area contributed by atoms with Gasteiger partial charge in [-0.1, -0.05) is 12.1 Å². The maximum absolute atomic E-state index is 12.1. The summed E-state index contributed by atoms with van der Waals surface area (Å²) in [5.41, 5.74) is 1.19. The largest absolute Gasteiger partial charge is 0.497 e. The summed E-state index contributed by atoms with van der Waals surface area (Å²) in [6.07, 6.45) is 1.99. The Labute approximate surface area is 136 Å². The molecule has 1 aromatic rings. The fourth-order valence-corrected chi connectivity index (χ4v) is 2.76. The Morgan fingerprint density at radius 2 is 1.96 bits per heavy atom. The van der Waals surface area contributed by atoms with Crippen molar-refractivity contribution in [2.24, 2.45) is 0 Å². The van der Waals surface area contributed by atoms with Gasteiger partial charge in [0.1, 0.15) is 5.75 Å². The van der Waals surface area contributed by atoms with Crippen LogP contribution in [0.1, 0.15) is 18.4 Å². The molecule has 1 heterocycles. The highest BCUT2D eigenvalue weighted by Crippen LogP contribution is 2.19. The van der Waals surface area contributed by atoms with Crippen LogP contribution in [0.15, 0.2) is 24.3 Å². The van der Waals surface area contributed by atoms with Gasteiger partial charge in [-0.3, -0.25) is 14.5 Å². The van der Waals surface area contributed by atoms with Crippen LogP contribution in [0.5, 0.6) is 5.75 Å². The van der Waals surface area contributed by atoms with E-state index in [4.69, 9.17) is 4.74 Å². The minimum atomic E-state index is -0.450. The fraction of sp³-hybridized carbons (Fsp3) is 0.529. The normalized spacial score (nSPS) is 18.6. The van der Waals surface area contributed by atoms with Crippen LogP contribution in [-0.4, -0.2) is 60.9 Å². The van der Waals surface area contributed by atoms with E-state index in [1.165, 1.54) is 5.56 Å². The van der Waals surface area contributed by atoms with Crippen molar-refractivity contribution < 1.29 is 14.3 Å². The fourth-order valence-electron chi connectivity index (χ4n) is 2.76. The van der Waals surface area contributed by atoms with Gasteiger partial charge < -0.3 is 15.0 Å². The molecule has 23 heavy (non-hydrogen) atoms. The molecule has 1 saturated heterocycles. The number of carbonyl (C=O) groups is 2. The average molecular weight is 317 g/mol. The van der Waals surface area contributed by atoms with Gasteiger partial charge in [0.2, 0.25) is 0 Å². The van der Waals surface area contributed by atoms with Gasteiger partial charge in [-0.25, -0.2) is 0 Å². The van der Waals surface area contributed by atoms with Gasteiger partial charge in [0.15, 0.2) is 0 Å². The molecule has 6 heteroatoms. The zero-order valence-corrected chi connectivity index (χ0v) is 13.5. The number of rotatable bonds is 4. The van der Waals surface area contributed by atoms with Gasteiger partial charge in [0, 0.05) is 38.8 Å². The molecule has 0 radical (unpaired) electrons. The van der Waals surface area contributed by atoms with Crippen molar-refractivity contribution in [1.29, 1.82) is 0 Å². The summed E-state index contributed by atoms with van der Waals surface area (Å²) in [5, 5.41) is 2.76. The number of hydrogen-bond donors (Lipinski definition) is 1. The molecule has 6 nitrogen and oxygen atoms in total. The zero-order chi connectivity index (χ0) is 16.2. The number of carbonyl (C=O) groups excluding carboxylic acids is 2. The highest BCUT2D eigenvalue weighted by Gasteiger charge is 2.30. The molecule has 2 aliphatic rings. The van der Waals surface area contributed by atoms with Crippen molar-refractivity contribution in [2.45, 2.75) is 25.4 Å². The number of amides is 2. The molecule has 0 unspecified atom stereocenters. The predicted molar refractivity (Wildman–Crippen MR) is 86.0 cm³/mol. The monoisotopic (exact) mass is 317 g/mol. The number of ether oxygens (including phenoxy) is 1. The topological polar surface area (TPSA) is 61.9 Å². The van der Waals surface area contributed by atoms with E-state index < -0.39 is 11.8 Å². The molecule has 1 aliphatic heterocycles. The lowest BCUT2D eigenvalue weighted by molar-refractivity contribution is -0.147. The van der Waals surface area contributed by atoms with E-state index in [1.807, 2.05) is 18.2 Å². The Balaban J connectivity index is 1.47. The van der Waals surface area contributed by atoms with Gasteiger partial charge in [-0.05, 0) is 30.5 Å². The van der Waals surface area contributed by atoms with Crippen LogP contribution in [0.2, 0.25) is 0 Å². The quantitative estimate of drug-likeness (QED) is 0.827. The van der Waals surface area contributed by atoms with Crippen LogP contribution in [0.4, 0.5) is 0 Å². The summed E-state index contributed by atoms with van der Waals surface area (Å²) in [6.45, 7) is 3.58. The smallest absolute Gasteiger partial charge is 0.311 e. The lowest BCUT2D eigenvalue weighted by atomic mass is 10.2. The Bertz CT molecular complexity index is 578. The summed E-state index contributed by atoms with van der Waals surface area (Å²) in [6, 6.07) is 8.24. The van der Waals surface area contributed by atoms with Gasteiger partial charge in [-0.15, -0.1) is 0 Å². The average Bonchev–Trinajstić information content (AvgIpc) is 3.39. The summed E-state index contributed by atoms with van der Waals surface area (Å²) in [5.74, 6) is 0.0136. The number of methoxy groups -OCH3 is 1. The molecule has 1 aliphatic carbocycles. The van der Waals surface area contributed by atoms with Crippen molar-refractivity contribution in [3.8, 4) is 5.75 Å². The third-order valence-electron chi connectivity index (χ3n) is 4.31. The van der Waals surface area contributed by atoms with Crippen molar-refractivity contribution in [1.82, 2.24) is 15.1 Å². The molecule has 2 fully saturated rings. The van der Waals surface area contributed by atoms with Gasteiger partial charge in [0.25, 0.3) is 0 Å². The first-order chi connectivity index (χ1) is 11.2. The zero-order valence-electron chi connectivity index (χ0n) is 13.5. The molecule has 0 aromatic heterocycles. The van der Waals surface area contributed by atoms with E-state index in [2.05, 4.69) is 16.3 Å². The van der Waals surface area contributed by atoms with Crippen molar-refractivity contribution in [3.63, 3.8) is 0 Å². The highest BCUT2D eigenvalue weighted by molar-refractivity contribution is 6.35. The van der Waals surface area contributed by atoms with E-state index in [1.54, 1.807) is 12.0 Å². The molecule has 1 aromatic carbocycles. The maximum atomic E-state index is 12.1. The second-order valence-corrected chi connectivity index (χ2v) is 6.17. The number of nitrogens with zero attached hydrogens (tertiary/aromatic N) is 2. The number of piperazine rings is 1. The Morgan fingerprint density at radius 1 is 1.22 bits per heavy atom. The molecule has 1 N–H and O–H groups in total. The molecular formula is C17H23N3O3. The Hall–Kier alpha value is -2.08. The van der Waals surface area contributed by atoms with Crippen LogP contribution in [0.3, 0.4) is 0 Å². The van der Waals surface area contributed by atoms with E-state index >= 15 is 0 Å².